The van der Waals surface area contributed by atoms with Crippen LogP contribution in [0.3, 0.4) is 0 Å². The van der Waals surface area contributed by atoms with Crippen molar-refractivity contribution >= 4 is 0 Å². The van der Waals surface area contributed by atoms with Gasteiger partial charge in [0.15, 0.2) is 0 Å². The number of hydrogen-bond acceptors (Lipinski definition) is 1. The first-order chi connectivity index (χ1) is 5.88. The molecular formula is C11H15KO. The maximum atomic E-state index is 5.56. The first-order valence-corrected chi connectivity index (χ1v) is 4.46. The van der Waals surface area contributed by atoms with Crippen molar-refractivity contribution in [3.05, 3.63) is 35.9 Å². The van der Waals surface area contributed by atoms with E-state index in [0.29, 0.717) is 0 Å². The van der Waals surface area contributed by atoms with Gasteiger partial charge in [0.25, 0.3) is 0 Å². The predicted octanol–water partition coefficient (Wildman–Crippen LogP) is -0.0216. The number of hydrogen-bond donors (Lipinski definition) is 0. The number of ether oxygens (including phenoxy) is 1. The normalized spacial score (nSPS) is 11.8. The second kappa shape index (κ2) is 8.15. The van der Waals surface area contributed by atoms with Crippen LogP contribution in [0.25, 0.3) is 0 Å². The summed E-state index contributed by atoms with van der Waals surface area (Å²) in [7, 11) is 0. The third kappa shape index (κ3) is 4.72. The molecule has 1 aromatic carbocycles. The summed E-state index contributed by atoms with van der Waals surface area (Å²) in [4.78, 5) is 0. The van der Waals surface area contributed by atoms with Crippen molar-refractivity contribution in [3.8, 4) is 0 Å². The van der Waals surface area contributed by atoms with E-state index in [2.05, 4.69) is 19.1 Å². The SMILES string of the molecule is CCOC(CC)c1c[c-]ccc1.[K+]. The third-order valence-electron chi connectivity index (χ3n) is 1.84. The Kier molecular flexibility index (Phi) is 8.66. The Balaban J connectivity index is 0.00000144. The second-order valence-corrected chi connectivity index (χ2v) is 2.69. The molecule has 66 valence electrons. The predicted molar refractivity (Wildman–Crippen MR) is 49.9 cm³/mol. The van der Waals surface area contributed by atoms with E-state index < -0.39 is 0 Å². The van der Waals surface area contributed by atoms with E-state index in [1.807, 2.05) is 25.1 Å². The molecule has 0 saturated heterocycles. The van der Waals surface area contributed by atoms with E-state index in [1.54, 1.807) is 0 Å². The van der Waals surface area contributed by atoms with Gasteiger partial charge in [-0.2, -0.15) is 30.3 Å². The molecule has 0 saturated carbocycles. The van der Waals surface area contributed by atoms with Gasteiger partial charge in [-0.15, -0.1) is 5.56 Å². The van der Waals surface area contributed by atoms with Crippen molar-refractivity contribution in [1.29, 1.82) is 0 Å². The van der Waals surface area contributed by atoms with Crippen molar-refractivity contribution in [2.45, 2.75) is 26.4 Å². The van der Waals surface area contributed by atoms with E-state index >= 15 is 0 Å². The Hall–Kier alpha value is 0.816. The van der Waals surface area contributed by atoms with Gasteiger partial charge in [0, 0.05) is 12.7 Å². The topological polar surface area (TPSA) is 9.23 Å². The molecule has 1 nitrogen and oxygen atoms in total. The van der Waals surface area contributed by atoms with Gasteiger partial charge in [-0.25, -0.2) is 0 Å². The van der Waals surface area contributed by atoms with Crippen molar-refractivity contribution in [2.75, 3.05) is 6.61 Å². The zero-order valence-electron chi connectivity index (χ0n) is 8.71. The van der Waals surface area contributed by atoms with Gasteiger partial charge < -0.3 is 4.74 Å². The molecule has 2 heteroatoms. The van der Waals surface area contributed by atoms with Gasteiger partial charge in [-0.1, -0.05) is 6.92 Å². The standard InChI is InChI=1S/C11H15O.K/c1-3-11(12-4-2)10-8-6-5-7-9-10;/h5-6,8-9,11H,3-4H2,1-2H3;/q-1;+1. The van der Waals surface area contributed by atoms with Crippen LogP contribution in [-0.2, 0) is 4.74 Å². The molecule has 0 aromatic heterocycles. The molecule has 0 spiro atoms. The van der Waals surface area contributed by atoms with Gasteiger partial charge in [0.1, 0.15) is 0 Å². The van der Waals surface area contributed by atoms with Crippen LogP contribution in [0.4, 0.5) is 0 Å². The van der Waals surface area contributed by atoms with Crippen LogP contribution in [0.1, 0.15) is 31.9 Å². The Labute approximate surface area is 123 Å². The smallest absolute Gasteiger partial charge is 0.386 e. The summed E-state index contributed by atoms with van der Waals surface area (Å²) < 4.78 is 5.56. The Morgan fingerprint density at radius 2 is 2.23 bits per heavy atom. The summed E-state index contributed by atoms with van der Waals surface area (Å²) in [5.74, 6) is 0. The Bertz CT molecular complexity index is 211. The van der Waals surface area contributed by atoms with E-state index in [9.17, 15) is 0 Å². The van der Waals surface area contributed by atoms with E-state index in [0.717, 1.165) is 13.0 Å². The zero-order chi connectivity index (χ0) is 8.81. The van der Waals surface area contributed by atoms with Gasteiger partial charge in [0.2, 0.25) is 0 Å². The van der Waals surface area contributed by atoms with Crippen molar-refractivity contribution in [3.63, 3.8) is 0 Å². The molecule has 0 N–H and O–H groups in total. The molecule has 13 heavy (non-hydrogen) atoms. The minimum atomic E-state index is 0. The average molecular weight is 202 g/mol. The largest absolute Gasteiger partial charge is 1.00 e. The summed E-state index contributed by atoms with van der Waals surface area (Å²) in [6.45, 7) is 4.93. The summed E-state index contributed by atoms with van der Waals surface area (Å²) in [5, 5.41) is 0. The van der Waals surface area contributed by atoms with E-state index in [-0.39, 0.29) is 57.5 Å². The second-order valence-electron chi connectivity index (χ2n) is 2.69. The molecule has 1 aromatic rings. The Morgan fingerprint density at radius 1 is 1.46 bits per heavy atom. The fourth-order valence-corrected chi connectivity index (χ4v) is 1.26. The minimum absolute atomic E-state index is 0. The fourth-order valence-electron chi connectivity index (χ4n) is 1.26. The summed E-state index contributed by atoms with van der Waals surface area (Å²) in [5.41, 5.74) is 1.22. The maximum Gasteiger partial charge on any atom is 1.00 e. The fraction of sp³-hybridized carbons (Fsp3) is 0.455. The van der Waals surface area contributed by atoms with Crippen LogP contribution in [-0.4, -0.2) is 6.61 Å². The van der Waals surface area contributed by atoms with Crippen LogP contribution >= 0.6 is 0 Å². The first-order valence-electron chi connectivity index (χ1n) is 4.46. The summed E-state index contributed by atoms with van der Waals surface area (Å²) >= 11 is 0. The van der Waals surface area contributed by atoms with Crippen LogP contribution in [0.15, 0.2) is 24.3 Å². The molecule has 0 fully saturated rings. The maximum absolute atomic E-state index is 5.56. The third-order valence-corrected chi connectivity index (χ3v) is 1.84. The first kappa shape index (κ1) is 13.8. The van der Waals surface area contributed by atoms with Gasteiger partial charge >= 0.3 is 51.4 Å². The van der Waals surface area contributed by atoms with Crippen LogP contribution < -0.4 is 51.4 Å². The molecule has 0 aliphatic heterocycles. The van der Waals surface area contributed by atoms with Gasteiger partial charge in [-0.3, -0.25) is 0 Å². The monoisotopic (exact) mass is 202 g/mol. The van der Waals surface area contributed by atoms with Crippen molar-refractivity contribution in [1.82, 2.24) is 0 Å². The quantitative estimate of drug-likeness (QED) is 0.492. The molecular weight excluding hydrogens is 187 g/mol. The van der Waals surface area contributed by atoms with E-state index in [1.165, 1.54) is 5.56 Å². The molecule has 1 atom stereocenters. The molecule has 0 aliphatic rings. The number of rotatable bonds is 4. The van der Waals surface area contributed by atoms with Crippen molar-refractivity contribution in [2.24, 2.45) is 0 Å². The van der Waals surface area contributed by atoms with Crippen LogP contribution in [0.5, 0.6) is 0 Å². The molecule has 0 bridgehead atoms. The summed E-state index contributed by atoms with van der Waals surface area (Å²) in [6.07, 6.45) is 1.26. The van der Waals surface area contributed by atoms with Gasteiger partial charge in [0.05, 0.1) is 0 Å². The molecule has 1 unspecified atom stereocenters. The molecule has 0 amide bonds. The summed E-state index contributed by atoms with van der Waals surface area (Å²) in [6, 6.07) is 11.0. The molecule has 0 aliphatic carbocycles. The van der Waals surface area contributed by atoms with Gasteiger partial charge in [-0.05, 0) is 13.3 Å². The Morgan fingerprint density at radius 3 is 2.69 bits per heavy atom. The zero-order valence-corrected chi connectivity index (χ0v) is 11.8. The van der Waals surface area contributed by atoms with Crippen LogP contribution in [0.2, 0.25) is 0 Å². The molecule has 0 radical (unpaired) electrons. The number of benzene rings is 1. The minimum Gasteiger partial charge on any atom is -0.386 e. The van der Waals surface area contributed by atoms with Crippen molar-refractivity contribution < 1.29 is 56.1 Å². The van der Waals surface area contributed by atoms with Crippen LogP contribution in [0, 0.1) is 6.07 Å². The van der Waals surface area contributed by atoms with E-state index in [4.69, 9.17) is 4.74 Å². The molecule has 1 rings (SSSR count). The average Bonchev–Trinajstić information content (AvgIpc) is 2.15. The molecule has 0 heterocycles.